The molecular formula is C28H41NO6S. The number of anilines is 1. The number of carbonyl (C=O) groups excluding carboxylic acids is 2. The average Bonchev–Trinajstić information content (AvgIpc) is 3.24. The summed E-state index contributed by atoms with van der Waals surface area (Å²) in [5.41, 5.74) is 0.294. The van der Waals surface area contributed by atoms with E-state index in [4.69, 9.17) is 0 Å². The van der Waals surface area contributed by atoms with Crippen LogP contribution in [0.25, 0.3) is 0 Å². The number of aliphatic hydroxyl groups excluding tert-OH is 1. The van der Waals surface area contributed by atoms with Gasteiger partial charge in [-0.05, 0) is 84.1 Å². The largest absolute Gasteiger partial charge is 0.477 e. The first-order chi connectivity index (χ1) is 16.8. The summed E-state index contributed by atoms with van der Waals surface area (Å²) in [5, 5.41) is 19.9. The van der Waals surface area contributed by atoms with Gasteiger partial charge in [-0.2, -0.15) is 0 Å². The Hall–Kier alpha value is -2.37. The first kappa shape index (κ1) is 29.9. The number of nitrogens with zero attached hydrogens (tertiary/aromatic N) is 1. The topological polar surface area (TPSA) is 104 Å². The van der Waals surface area contributed by atoms with E-state index < -0.39 is 5.97 Å². The van der Waals surface area contributed by atoms with Gasteiger partial charge < -0.3 is 19.8 Å². The lowest BCUT2D eigenvalue weighted by atomic mass is 9.81. The van der Waals surface area contributed by atoms with E-state index in [-0.39, 0.29) is 40.2 Å². The number of ether oxygens (including phenoxy) is 1. The zero-order valence-corrected chi connectivity index (χ0v) is 23.2. The summed E-state index contributed by atoms with van der Waals surface area (Å²) in [4.78, 5) is 38.0. The van der Waals surface area contributed by atoms with Crippen molar-refractivity contribution in [3.63, 3.8) is 0 Å². The van der Waals surface area contributed by atoms with E-state index in [2.05, 4.69) is 23.5 Å². The Balaban J connectivity index is 0.000000830. The fraction of sp³-hybridized carbons (Fsp3) is 0.679. The lowest BCUT2D eigenvalue weighted by molar-refractivity contribution is -0.138. The Bertz CT molecular complexity index is 966. The molecular weight excluding hydrogens is 478 g/mol. The van der Waals surface area contributed by atoms with Crippen LogP contribution in [0.4, 0.5) is 5.69 Å². The molecule has 2 aliphatic rings. The SMILES string of the molecule is CC1CCC(C(=O)N(c2cc(C#CC(C)(C)C)sc2C(=O)O)C2CCC(O)CC2)CC1.COC(C)=O. The number of hydrogen-bond acceptors (Lipinski definition) is 6. The van der Waals surface area contributed by atoms with Crippen LogP contribution < -0.4 is 4.90 Å². The molecule has 0 bridgehead atoms. The Morgan fingerprint density at radius 1 is 1.06 bits per heavy atom. The van der Waals surface area contributed by atoms with Crippen molar-refractivity contribution < 1.29 is 29.3 Å². The minimum Gasteiger partial charge on any atom is -0.477 e. The van der Waals surface area contributed by atoms with Gasteiger partial charge in [0.25, 0.3) is 0 Å². The van der Waals surface area contributed by atoms with Crippen molar-refractivity contribution in [3.8, 4) is 11.8 Å². The second kappa shape index (κ2) is 13.3. The highest BCUT2D eigenvalue weighted by molar-refractivity contribution is 7.15. The molecule has 0 saturated heterocycles. The highest BCUT2D eigenvalue weighted by Gasteiger charge is 2.37. The van der Waals surface area contributed by atoms with Gasteiger partial charge in [0.05, 0.1) is 23.8 Å². The van der Waals surface area contributed by atoms with E-state index in [1.165, 1.54) is 14.0 Å². The maximum atomic E-state index is 13.7. The van der Waals surface area contributed by atoms with Gasteiger partial charge >= 0.3 is 11.9 Å². The van der Waals surface area contributed by atoms with E-state index in [0.29, 0.717) is 42.2 Å². The molecule has 0 aromatic carbocycles. The van der Waals surface area contributed by atoms with Crippen LogP contribution in [0.5, 0.6) is 0 Å². The zero-order chi connectivity index (χ0) is 27.0. The van der Waals surface area contributed by atoms with Gasteiger partial charge in [0.2, 0.25) is 5.91 Å². The highest BCUT2D eigenvalue weighted by atomic mass is 32.1. The van der Waals surface area contributed by atoms with Crippen LogP contribution in [0.1, 0.15) is 101 Å². The van der Waals surface area contributed by atoms with Gasteiger partial charge in [-0.15, -0.1) is 11.3 Å². The molecule has 36 heavy (non-hydrogen) atoms. The molecule has 0 unspecified atom stereocenters. The Morgan fingerprint density at radius 2 is 1.61 bits per heavy atom. The summed E-state index contributed by atoms with van der Waals surface area (Å²) in [6.07, 6.45) is 6.10. The third kappa shape index (κ3) is 8.94. The molecule has 8 heteroatoms. The van der Waals surface area contributed by atoms with Crippen LogP contribution in [0.3, 0.4) is 0 Å². The summed E-state index contributed by atoms with van der Waals surface area (Å²) in [6.45, 7) is 9.63. The number of amides is 1. The number of methoxy groups -OCH3 is 1. The van der Waals surface area contributed by atoms with Gasteiger partial charge in [-0.3, -0.25) is 9.59 Å². The standard InChI is InChI=1S/C25H35NO4S.C3H6O2/c1-16-5-7-17(8-6-16)23(28)26(18-9-11-19(27)12-10-18)21-15-20(13-14-25(2,3)4)31-22(21)24(29)30;1-3(4)5-2/h15-19,27H,5-12H2,1-4H3,(H,29,30);1-2H3. The summed E-state index contributed by atoms with van der Waals surface area (Å²) in [5.74, 6) is 5.64. The molecule has 2 saturated carbocycles. The predicted octanol–water partition coefficient (Wildman–Crippen LogP) is 5.49. The molecule has 3 rings (SSSR count). The minimum absolute atomic E-state index is 0.0453. The number of aromatic carboxylic acids is 1. The minimum atomic E-state index is -1.02. The molecule has 1 amide bonds. The number of carbonyl (C=O) groups is 3. The first-order valence-corrected chi connectivity index (χ1v) is 13.6. The smallest absolute Gasteiger partial charge is 0.348 e. The number of hydrogen-bond donors (Lipinski definition) is 2. The van der Waals surface area contributed by atoms with E-state index in [9.17, 15) is 24.6 Å². The third-order valence-electron chi connectivity index (χ3n) is 6.65. The number of esters is 1. The lowest BCUT2D eigenvalue weighted by Gasteiger charge is -2.38. The molecule has 0 spiro atoms. The predicted molar refractivity (Wildman–Crippen MR) is 142 cm³/mol. The van der Waals surface area contributed by atoms with Crippen molar-refractivity contribution >= 4 is 34.9 Å². The molecule has 2 N–H and O–H groups in total. The van der Waals surface area contributed by atoms with Gasteiger partial charge in [-0.1, -0.05) is 18.8 Å². The summed E-state index contributed by atoms with van der Waals surface area (Å²) >= 11 is 1.15. The van der Waals surface area contributed by atoms with Crippen LogP contribution in [0, 0.1) is 29.1 Å². The van der Waals surface area contributed by atoms with E-state index in [1.54, 1.807) is 11.0 Å². The average molecular weight is 520 g/mol. The van der Waals surface area contributed by atoms with Crippen LogP contribution in [-0.4, -0.2) is 47.3 Å². The quantitative estimate of drug-likeness (QED) is 0.403. The summed E-state index contributed by atoms with van der Waals surface area (Å²) in [7, 11) is 1.35. The monoisotopic (exact) mass is 519 g/mol. The van der Waals surface area contributed by atoms with Gasteiger partial charge in [0.1, 0.15) is 4.88 Å². The Kier molecular flexibility index (Phi) is 11.0. The number of carboxylic acids is 1. The van der Waals surface area contributed by atoms with Gasteiger partial charge in [-0.25, -0.2) is 4.79 Å². The van der Waals surface area contributed by atoms with Crippen molar-refractivity contribution in [1.82, 2.24) is 0 Å². The number of carboxylic acid groups (broad SMARTS) is 1. The van der Waals surface area contributed by atoms with Crippen LogP contribution in [0.2, 0.25) is 0 Å². The van der Waals surface area contributed by atoms with Crippen molar-refractivity contribution in [2.24, 2.45) is 17.3 Å². The molecule has 7 nitrogen and oxygen atoms in total. The first-order valence-electron chi connectivity index (χ1n) is 12.8. The maximum absolute atomic E-state index is 13.7. The fourth-order valence-corrected chi connectivity index (χ4v) is 5.38. The van der Waals surface area contributed by atoms with Crippen LogP contribution in [0.15, 0.2) is 6.07 Å². The molecule has 1 aromatic rings. The number of aliphatic hydroxyl groups is 1. The number of thiophene rings is 1. The lowest BCUT2D eigenvalue weighted by Crippen LogP contribution is -2.47. The third-order valence-corrected chi connectivity index (χ3v) is 7.68. The van der Waals surface area contributed by atoms with Crippen molar-refractivity contribution in [2.75, 3.05) is 12.0 Å². The molecule has 0 radical (unpaired) electrons. The molecule has 0 atom stereocenters. The normalized spacial score (nSPS) is 23.9. The van der Waals surface area contributed by atoms with Crippen molar-refractivity contribution in [2.45, 2.75) is 98.1 Å². The molecule has 2 fully saturated rings. The molecule has 1 heterocycles. The second-order valence-corrected chi connectivity index (χ2v) is 12.0. The van der Waals surface area contributed by atoms with Gasteiger partial charge in [0, 0.05) is 24.3 Å². The summed E-state index contributed by atoms with van der Waals surface area (Å²) < 4.78 is 4.11. The zero-order valence-electron chi connectivity index (χ0n) is 22.4. The molecule has 1 aromatic heterocycles. The van der Waals surface area contributed by atoms with Crippen LogP contribution >= 0.6 is 11.3 Å². The second-order valence-electron chi connectivity index (χ2n) is 11.0. The van der Waals surface area contributed by atoms with E-state index >= 15 is 0 Å². The molecule has 200 valence electrons. The Morgan fingerprint density at radius 3 is 2.08 bits per heavy atom. The number of rotatable bonds is 4. The van der Waals surface area contributed by atoms with E-state index in [1.807, 2.05) is 20.8 Å². The van der Waals surface area contributed by atoms with Crippen molar-refractivity contribution in [1.29, 1.82) is 0 Å². The highest BCUT2D eigenvalue weighted by Crippen LogP contribution is 2.38. The molecule has 0 aliphatic heterocycles. The van der Waals surface area contributed by atoms with Crippen molar-refractivity contribution in [3.05, 3.63) is 15.8 Å². The van der Waals surface area contributed by atoms with Crippen LogP contribution in [-0.2, 0) is 14.3 Å². The fourth-order valence-electron chi connectivity index (χ4n) is 4.54. The van der Waals surface area contributed by atoms with E-state index in [0.717, 1.165) is 37.0 Å². The van der Waals surface area contributed by atoms with Gasteiger partial charge in [0.15, 0.2) is 0 Å². The maximum Gasteiger partial charge on any atom is 0.348 e. The summed E-state index contributed by atoms with van der Waals surface area (Å²) in [6, 6.07) is 1.72. The molecule has 2 aliphatic carbocycles. The Labute approximate surface area is 219 Å².